The lowest BCUT2D eigenvalue weighted by atomic mass is 9.81. The lowest BCUT2D eigenvalue weighted by Crippen LogP contribution is -2.23. The minimum Gasteiger partial charge on any atom is -0.376 e. The second kappa shape index (κ2) is 2.98. The smallest absolute Gasteiger partial charge is 0.0677 e. The first-order valence-electron chi connectivity index (χ1n) is 4.64. The maximum Gasteiger partial charge on any atom is 0.0677 e. The molecule has 0 spiro atoms. The van der Waals surface area contributed by atoms with Gasteiger partial charge >= 0.3 is 0 Å². The molecule has 1 unspecified atom stereocenters. The molecule has 0 radical (unpaired) electrons. The van der Waals surface area contributed by atoms with Gasteiger partial charge in [-0.05, 0) is 31.8 Å². The van der Waals surface area contributed by atoms with Crippen LogP contribution >= 0.6 is 0 Å². The van der Waals surface area contributed by atoms with Gasteiger partial charge in [0.2, 0.25) is 0 Å². The van der Waals surface area contributed by atoms with Crippen molar-refractivity contribution in [1.29, 1.82) is 0 Å². The Morgan fingerprint density at radius 1 is 1.36 bits per heavy atom. The summed E-state index contributed by atoms with van der Waals surface area (Å²) < 4.78 is 5.49. The molecule has 1 heterocycles. The Bertz CT molecular complexity index is 181. The molecule has 0 aromatic heterocycles. The lowest BCUT2D eigenvalue weighted by Gasteiger charge is -2.31. The summed E-state index contributed by atoms with van der Waals surface area (Å²) in [7, 11) is 0. The third kappa shape index (κ3) is 1.34. The first kappa shape index (κ1) is 7.35. The number of fused-ring (bicyclic) bond motifs is 1. The zero-order valence-corrected chi connectivity index (χ0v) is 7.23. The number of ether oxygens (including phenoxy) is 1. The van der Waals surface area contributed by atoms with Crippen molar-refractivity contribution in [3.8, 4) is 0 Å². The summed E-state index contributed by atoms with van der Waals surface area (Å²) in [4.78, 5) is 0. The Balaban J connectivity index is 2.19. The van der Waals surface area contributed by atoms with Gasteiger partial charge in [-0.25, -0.2) is 0 Å². The van der Waals surface area contributed by atoms with Crippen molar-refractivity contribution in [1.82, 2.24) is 0 Å². The normalized spacial score (nSPS) is 31.9. The fourth-order valence-electron chi connectivity index (χ4n) is 2.28. The zero-order valence-electron chi connectivity index (χ0n) is 7.23. The Labute approximate surface area is 68.4 Å². The van der Waals surface area contributed by atoms with Gasteiger partial charge in [-0.3, -0.25) is 0 Å². The second-order valence-electron chi connectivity index (χ2n) is 3.76. The van der Waals surface area contributed by atoms with Gasteiger partial charge in [-0.15, -0.1) is 0 Å². The van der Waals surface area contributed by atoms with E-state index in [1.807, 2.05) is 0 Å². The highest BCUT2D eigenvalue weighted by Crippen LogP contribution is 2.34. The van der Waals surface area contributed by atoms with Crippen LogP contribution in [0.4, 0.5) is 0 Å². The molecule has 1 saturated carbocycles. The van der Waals surface area contributed by atoms with Crippen LogP contribution in [-0.4, -0.2) is 13.2 Å². The summed E-state index contributed by atoms with van der Waals surface area (Å²) >= 11 is 0. The highest BCUT2D eigenvalue weighted by molar-refractivity contribution is 5.19. The molecule has 1 fully saturated rings. The Morgan fingerprint density at radius 3 is 3.09 bits per heavy atom. The van der Waals surface area contributed by atoms with Crippen molar-refractivity contribution >= 4 is 0 Å². The van der Waals surface area contributed by atoms with Crippen molar-refractivity contribution in [3.05, 3.63) is 11.1 Å². The molecule has 1 aliphatic carbocycles. The number of hydrogen-bond acceptors (Lipinski definition) is 1. The first-order chi connectivity index (χ1) is 5.38. The summed E-state index contributed by atoms with van der Waals surface area (Å²) in [6.07, 6.45) is 5.53. The molecule has 62 valence electrons. The molecule has 0 aromatic rings. The highest BCUT2D eigenvalue weighted by atomic mass is 16.5. The van der Waals surface area contributed by atoms with Crippen molar-refractivity contribution in [3.63, 3.8) is 0 Å². The van der Waals surface area contributed by atoms with Gasteiger partial charge in [-0.2, -0.15) is 0 Å². The van der Waals surface area contributed by atoms with Crippen LogP contribution in [0, 0.1) is 5.92 Å². The van der Waals surface area contributed by atoms with E-state index in [2.05, 4.69) is 6.92 Å². The van der Waals surface area contributed by atoms with E-state index in [9.17, 15) is 0 Å². The summed E-state index contributed by atoms with van der Waals surface area (Å²) in [5.74, 6) is 0.789. The van der Waals surface area contributed by atoms with Crippen LogP contribution in [0.15, 0.2) is 11.1 Å². The Kier molecular flexibility index (Phi) is 1.99. The maximum absolute atomic E-state index is 5.49. The van der Waals surface area contributed by atoms with E-state index in [-0.39, 0.29) is 0 Å². The van der Waals surface area contributed by atoms with Gasteiger partial charge < -0.3 is 4.74 Å². The minimum absolute atomic E-state index is 0.789. The van der Waals surface area contributed by atoms with E-state index in [0.29, 0.717) is 0 Å². The molecule has 0 aromatic carbocycles. The molecular weight excluding hydrogens is 136 g/mol. The largest absolute Gasteiger partial charge is 0.376 e. The summed E-state index contributed by atoms with van der Waals surface area (Å²) in [6, 6.07) is 0. The van der Waals surface area contributed by atoms with E-state index in [0.717, 1.165) is 19.1 Å². The van der Waals surface area contributed by atoms with Crippen LogP contribution in [0.3, 0.4) is 0 Å². The average Bonchev–Trinajstić information content (AvgIpc) is 2.06. The molecule has 11 heavy (non-hydrogen) atoms. The zero-order chi connectivity index (χ0) is 7.68. The molecule has 2 aliphatic rings. The van der Waals surface area contributed by atoms with Gasteiger partial charge in [0.25, 0.3) is 0 Å². The van der Waals surface area contributed by atoms with Crippen LogP contribution < -0.4 is 0 Å². The molecular formula is C10H16O. The average molecular weight is 152 g/mol. The van der Waals surface area contributed by atoms with Crippen LogP contribution in [-0.2, 0) is 4.74 Å². The SMILES string of the molecule is CC1=C2CCCCC2COC1. The van der Waals surface area contributed by atoms with Crippen LogP contribution in [0.2, 0.25) is 0 Å². The third-order valence-electron chi connectivity index (χ3n) is 2.93. The quantitative estimate of drug-likeness (QED) is 0.485. The van der Waals surface area contributed by atoms with Crippen molar-refractivity contribution in [2.24, 2.45) is 5.92 Å². The molecule has 1 atom stereocenters. The van der Waals surface area contributed by atoms with Crippen LogP contribution in [0.25, 0.3) is 0 Å². The van der Waals surface area contributed by atoms with Crippen LogP contribution in [0.5, 0.6) is 0 Å². The second-order valence-corrected chi connectivity index (χ2v) is 3.76. The predicted molar refractivity (Wildman–Crippen MR) is 45.5 cm³/mol. The summed E-state index contributed by atoms with van der Waals surface area (Å²) in [5.41, 5.74) is 3.24. The van der Waals surface area contributed by atoms with Crippen molar-refractivity contribution < 1.29 is 4.74 Å². The molecule has 1 nitrogen and oxygen atoms in total. The number of rotatable bonds is 0. The van der Waals surface area contributed by atoms with Crippen molar-refractivity contribution in [2.45, 2.75) is 32.6 Å². The van der Waals surface area contributed by atoms with E-state index >= 15 is 0 Å². The van der Waals surface area contributed by atoms with Gasteiger partial charge in [0.05, 0.1) is 13.2 Å². The third-order valence-corrected chi connectivity index (χ3v) is 2.93. The molecule has 0 bridgehead atoms. The van der Waals surface area contributed by atoms with Gasteiger partial charge in [0.1, 0.15) is 0 Å². The fraction of sp³-hybridized carbons (Fsp3) is 0.800. The molecule has 2 rings (SSSR count). The maximum atomic E-state index is 5.49. The monoisotopic (exact) mass is 152 g/mol. The molecule has 1 heteroatoms. The van der Waals surface area contributed by atoms with Gasteiger partial charge in [0.15, 0.2) is 0 Å². The minimum atomic E-state index is 0.789. The standard InChI is InChI=1S/C10H16O/c1-8-6-11-7-9-4-2-3-5-10(8)9/h9H,2-7H2,1H3. The van der Waals surface area contributed by atoms with Crippen molar-refractivity contribution in [2.75, 3.05) is 13.2 Å². The lowest BCUT2D eigenvalue weighted by molar-refractivity contribution is 0.101. The molecule has 0 amide bonds. The predicted octanol–water partition coefficient (Wildman–Crippen LogP) is 2.52. The Morgan fingerprint density at radius 2 is 2.27 bits per heavy atom. The highest BCUT2D eigenvalue weighted by Gasteiger charge is 2.23. The first-order valence-corrected chi connectivity index (χ1v) is 4.64. The van der Waals surface area contributed by atoms with Gasteiger partial charge in [0, 0.05) is 5.92 Å². The van der Waals surface area contributed by atoms with E-state index < -0.39 is 0 Å². The molecule has 0 saturated heterocycles. The molecule has 0 N–H and O–H groups in total. The fourth-order valence-corrected chi connectivity index (χ4v) is 2.28. The van der Waals surface area contributed by atoms with E-state index in [4.69, 9.17) is 4.74 Å². The topological polar surface area (TPSA) is 9.23 Å². The van der Waals surface area contributed by atoms with Crippen LogP contribution in [0.1, 0.15) is 32.6 Å². The molecule has 1 aliphatic heterocycles. The summed E-state index contributed by atoms with van der Waals surface area (Å²) in [5, 5.41) is 0. The Hall–Kier alpha value is -0.300. The van der Waals surface area contributed by atoms with E-state index in [1.165, 1.54) is 31.3 Å². The van der Waals surface area contributed by atoms with E-state index in [1.54, 1.807) is 5.57 Å². The summed E-state index contributed by atoms with van der Waals surface area (Å²) in [6.45, 7) is 4.12. The number of hydrogen-bond donors (Lipinski definition) is 0. The van der Waals surface area contributed by atoms with Gasteiger partial charge in [-0.1, -0.05) is 12.0 Å².